The molecule has 1 aliphatic carbocycles. The van der Waals surface area contributed by atoms with E-state index in [1.807, 2.05) is 0 Å². The Morgan fingerprint density at radius 1 is 1.07 bits per heavy atom. The summed E-state index contributed by atoms with van der Waals surface area (Å²) in [6, 6.07) is 8.11. The number of aromatic hydroxyl groups is 1. The van der Waals surface area contributed by atoms with Gasteiger partial charge in [-0.25, -0.2) is 0 Å². The molecule has 0 amide bonds. The van der Waals surface area contributed by atoms with Crippen LogP contribution >= 0.6 is 0 Å². The fourth-order valence-electron chi connectivity index (χ4n) is 4.98. The van der Waals surface area contributed by atoms with Gasteiger partial charge in [0.15, 0.2) is 0 Å². The topological polar surface area (TPSA) is 76.8 Å². The molecular formula is C22H25F3N2O3. The van der Waals surface area contributed by atoms with Crippen molar-refractivity contribution in [3.8, 4) is 5.75 Å². The minimum absolute atomic E-state index is 0.0500. The number of benzene rings is 1. The van der Waals surface area contributed by atoms with Gasteiger partial charge in [0, 0.05) is 26.1 Å². The van der Waals surface area contributed by atoms with Crippen LogP contribution in [0.25, 0.3) is 0 Å². The zero-order valence-electron chi connectivity index (χ0n) is 16.4. The maximum atomic E-state index is 12.7. The van der Waals surface area contributed by atoms with Crippen molar-refractivity contribution in [1.82, 2.24) is 9.88 Å². The monoisotopic (exact) mass is 422 g/mol. The van der Waals surface area contributed by atoms with Crippen molar-refractivity contribution < 1.29 is 28.5 Å². The van der Waals surface area contributed by atoms with E-state index in [0.717, 1.165) is 25.2 Å². The minimum Gasteiger partial charge on any atom is -0.506 e. The molecule has 3 N–H and O–H groups in total. The van der Waals surface area contributed by atoms with Gasteiger partial charge >= 0.3 is 6.18 Å². The molecule has 30 heavy (non-hydrogen) atoms. The van der Waals surface area contributed by atoms with Crippen LogP contribution in [0.3, 0.4) is 0 Å². The van der Waals surface area contributed by atoms with E-state index in [2.05, 4.69) is 9.88 Å². The largest absolute Gasteiger partial charge is 0.506 e. The average Bonchev–Trinajstić information content (AvgIpc) is 3.15. The highest BCUT2D eigenvalue weighted by Crippen LogP contribution is 2.45. The first-order valence-electron chi connectivity index (χ1n) is 10.1. The van der Waals surface area contributed by atoms with Crippen molar-refractivity contribution >= 4 is 0 Å². The first kappa shape index (κ1) is 21.1. The molecule has 1 aliphatic heterocycles. The molecule has 1 aromatic carbocycles. The smallest absolute Gasteiger partial charge is 0.416 e. The molecule has 4 atom stereocenters. The first-order valence-corrected chi connectivity index (χ1v) is 10.1. The molecule has 2 aromatic rings. The van der Waals surface area contributed by atoms with Crippen molar-refractivity contribution in [2.75, 3.05) is 19.6 Å². The van der Waals surface area contributed by atoms with E-state index in [0.29, 0.717) is 48.9 Å². The third-order valence-corrected chi connectivity index (χ3v) is 6.29. The Bertz CT molecular complexity index is 857. The third kappa shape index (κ3) is 4.61. The van der Waals surface area contributed by atoms with Crippen LogP contribution < -0.4 is 0 Å². The van der Waals surface area contributed by atoms with E-state index in [1.54, 1.807) is 6.07 Å². The summed E-state index contributed by atoms with van der Waals surface area (Å²) in [5.41, 5.74) is -0.378. The molecular weight excluding hydrogens is 397 g/mol. The Morgan fingerprint density at radius 3 is 2.23 bits per heavy atom. The summed E-state index contributed by atoms with van der Waals surface area (Å²) >= 11 is 0. The molecule has 4 rings (SSSR count). The highest BCUT2D eigenvalue weighted by Gasteiger charge is 2.48. The standard InChI is InChI=1S/C22H25F3N2O3/c23-22(24,25)17-3-1-14(2-4-17)7-21(30)8-15-11-27(12-16(15)9-21)13-20(29)19-6-5-18(28)10-26-19/h1-6,10,15-16,20,28-30H,7-9,11-13H2/t15-,16+,20?,21-. The van der Waals surface area contributed by atoms with E-state index < -0.39 is 23.4 Å². The first-order chi connectivity index (χ1) is 14.1. The number of fused-ring (bicyclic) bond motifs is 1. The second kappa shape index (κ2) is 7.83. The molecule has 0 radical (unpaired) electrons. The van der Waals surface area contributed by atoms with Gasteiger partial charge in [0.1, 0.15) is 11.9 Å². The highest BCUT2D eigenvalue weighted by molar-refractivity contribution is 5.26. The quantitative estimate of drug-likeness (QED) is 0.690. The number of alkyl halides is 3. The summed E-state index contributed by atoms with van der Waals surface area (Å²) in [5.74, 6) is 0.642. The van der Waals surface area contributed by atoms with Gasteiger partial charge in [0.25, 0.3) is 0 Å². The summed E-state index contributed by atoms with van der Waals surface area (Å²) in [6.45, 7) is 1.95. The third-order valence-electron chi connectivity index (χ3n) is 6.29. The Balaban J connectivity index is 1.32. The summed E-state index contributed by atoms with van der Waals surface area (Å²) in [5, 5.41) is 30.7. The van der Waals surface area contributed by atoms with Gasteiger partial charge in [-0.2, -0.15) is 13.2 Å². The highest BCUT2D eigenvalue weighted by atomic mass is 19.4. The normalized spacial score (nSPS) is 27.9. The Kier molecular flexibility index (Phi) is 5.50. The van der Waals surface area contributed by atoms with E-state index in [1.165, 1.54) is 24.4 Å². The van der Waals surface area contributed by atoms with Gasteiger partial charge in [-0.3, -0.25) is 9.88 Å². The van der Waals surface area contributed by atoms with Crippen molar-refractivity contribution in [2.45, 2.75) is 37.1 Å². The number of pyridine rings is 1. The fourth-order valence-corrected chi connectivity index (χ4v) is 4.98. The fraction of sp³-hybridized carbons (Fsp3) is 0.500. The summed E-state index contributed by atoms with van der Waals surface area (Å²) in [6.07, 6.45) is -2.26. The molecule has 1 aromatic heterocycles. The average molecular weight is 422 g/mol. The molecule has 1 unspecified atom stereocenters. The SMILES string of the molecule is Oc1ccc(C(O)CN2C[C@@H]3C[C@@](O)(Cc4ccc(C(F)(F)F)cc4)C[C@@H]3C2)nc1. The number of aliphatic hydroxyl groups excluding tert-OH is 1. The maximum absolute atomic E-state index is 12.7. The lowest BCUT2D eigenvalue weighted by atomic mass is 9.91. The van der Waals surface area contributed by atoms with Crippen molar-refractivity contribution in [3.05, 3.63) is 59.4 Å². The summed E-state index contributed by atoms with van der Waals surface area (Å²) < 4.78 is 38.2. The van der Waals surface area contributed by atoms with Crippen LogP contribution in [0, 0.1) is 11.8 Å². The zero-order valence-corrected chi connectivity index (χ0v) is 16.4. The number of halogens is 3. The van der Waals surface area contributed by atoms with Gasteiger partial charge in [-0.1, -0.05) is 12.1 Å². The number of β-amino-alcohol motifs (C(OH)–C–C–N with tert-alkyl or cyclic N) is 1. The number of likely N-dealkylation sites (tertiary alicyclic amines) is 1. The van der Waals surface area contributed by atoms with Crippen LogP contribution in [-0.2, 0) is 12.6 Å². The minimum atomic E-state index is -4.36. The molecule has 8 heteroatoms. The molecule has 2 aliphatic rings. The van der Waals surface area contributed by atoms with Gasteiger partial charge in [-0.05, 0) is 54.5 Å². The van der Waals surface area contributed by atoms with Crippen LogP contribution in [0.1, 0.15) is 35.8 Å². The molecule has 5 nitrogen and oxygen atoms in total. The van der Waals surface area contributed by atoms with Crippen molar-refractivity contribution in [3.63, 3.8) is 0 Å². The predicted octanol–water partition coefficient (Wildman–Crippen LogP) is 3.16. The number of aliphatic hydroxyl groups is 2. The number of hydrogen-bond acceptors (Lipinski definition) is 5. The number of hydrogen-bond donors (Lipinski definition) is 3. The molecule has 0 spiro atoms. The van der Waals surface area contributed by atoms with Gasteiger partial charge in [0.2, 0.25) is 0 Å². The van der Waals surface area contributed by atoms with Crippen LogP contribution in [0.4, 0.5) is 13.2 Å². The lowest BCUT2D eigenvalue weighted by Crippen LogP contribution is -2.33. The van der Waals surface area contributed by atoms with E-state index in [4.69, 9.17) is 0 Å². The van der Waals surface area contributed by atoms with Crippen LogP contribution in [0.5, 0.6) is 5.75 Å². The van der Waals surface area contributed by atoms with Crippen LogP contribution in [0.15, 0.2) is 42.6 Å². The lowest BCUT2D eigenvalue weighted by molar-refractivity contribution is -0.137. The molecule has 2 fully saturated rings. The zero-order chi connectivity index (χ0) is 21.5. The molecule has 162 valence electrons. The Labute approximate surface area is 172 Å². The Hall–Kier alpha value is -2.16. The molecule has 0 bridgehead atoms. The number of rotatable bonds is 5. The molecule has 2 heterocycles. The number of aromatic nitrogens is 1. The summed E-state index contributed by atoms with van der Waals surface area (Å²) in [7, 11) is 0. The molecule has 1 saturated heterocycles. The van der Waals surface area contributed by atoms with Gasteiger partial charge < -0.3 is 15.3 Å². The van der Waals surface area contributed by atoms with E-state index in [9.17, 15) is 28.5 Å². The lowest BCUT2D eigenvalue weighted by Gasteiger charge is -2.27. The van der Waals surface area contributed by atoms with Crippen LogP contribution in [-0.4, -0.2) is 50.4 Å². The maximum Gasteiger partial charge on any atom is 0.416 e. The van der Waals surface area contributed by atoms with Gasteiger partial charge in [-0.15, -0.1) is 0 Å². The van der Waals surface area contributed by atoms with E-state index in [-0.39, 0.29) is 5.75 Å². The van der Waals surface area contributed by atoms with Gasteiger partial charge in [0.05, 0.1) is 23.1 Å². The summed E-state index contributed by atoms with van der Waals surface area (Å²) in [4.78, 5) is 6.21. The second-order valence-corrected chi connectivity index (χ2v) is 8.70. The van der Waals surface area contributed by atoms with Crippen molar-refractivity contribution in [1.29, 1.82) is 0 Å². The predicted molar refractivity (Wildman–Crippen MR) is 104 cm³/mol. The van der Waals surface area contributed by atoms with Crippen molar-refractivity contribution in [2.24, 2.45) is 11.8 Å². The van der Waals surface area contributed by atoms with Crippen LogP contribution in [0.2, 0.25) is 0 Å². The number of nitrogens with zero attached hydrogens (tertiary/aromatic N) is 2. The molecule has 1 saturated carbocycles. The second-order valence-electron chi connectivity index (χ2n) is 8.70. The Morgan fingerprint density at radius 2 is 1.70 bits per heavy atom. The van der Waals surface area contributed by atoms with E-state index >= 15 is 0 Å².